The number of hydrogen-bond donors (Lipinski definition) is 1. The Kier molecular flexibility index (Phi) is 5.48. The summed E-state index contributed by atoms with van der Waals surface area (Å²) in [6.07, 6.45) is 6.07. The summed E-state index contributed by atoms with van der Waals surface area (Å²) in [5.41, 5.74) is 0.993. The molecule has 25 heavy (non-hydrogen) atoms. The number of hydrogen-bond acceptors (Lipinski definition) is 4. The second-order valence-electron chi connectivity index (χ2n) is 6.50. The fourth-order valence-corrected chi connectivity index (χ4v) is 4.22. The Morgan fingerprint density at radius 3 is 2.76 bits per heavy atom. The molecule has 3 rings (SSSR count). The molecule has 0 fully saturated rings. The molecule has 1 aromatic carbocycles. The lowest BCUT2D eigenvalue weighted by molar-refractivity contribution is -0.129. The normalized spacial score (nSPS) is 19.8. The van der Waals surface area contributed by atoms with E-state index in [1.807, 2.05) is 18.2 Å². The Balaban J connectivity index is 1.69. The van der Waals surface area contributed by atoms with Crippen molar-refractivity contribution in [2.24, 2.45) is 5.92 Å². The molecular formula is C19H23N3O2S. The van der Waals surface area contributed by atoms with E-state index in [0.717, 1.165) is 21.6 Å². The molecule has 0 radical (unpaired) electrons. The molecule has 1 heterocycles. The largest absolute Gasteiger partial charge is 0.355 e. The fourth-order valence-electron chi connectivity index (χ4n) is 3.07. The summed E-state index contributed by atoms with van der Waals surface area (Å²) < 4.78 is 1.16. The second-order valence-corrected chi connectivity index (χ2v) is 7.57. The number of carbonyl (C=O) groups is 2. The van der Waals surface area contributed by atoms with Crippen molar-refractivity contribution in [3.63, 3.8) is 0 Å². The molecule has 1 aromatic heterocycles. The minimum atomic E-state index is -0.125. The maximum absolute atomic E-state index is 12.7. The molecule has 0 unspecified atom stereocenters. The first-order chi connectivity index (χ1) is 12.1. The number of nitrogens with zero attached hydrogens (tertiary/aromatic N) is 2. The van der Waals surface area contributed by atoms with Crippen LogP contribution in [0.5, 0.6) is 0 Å². The van der Waals surface area contributed by atoms with Crippen molar-refractivity contribution >= 4 is 33.4 Å². The Bertz CT molecular complexity index is 764. The van der Waals surface area contributed by atoms with Gasteiger partial charge in [0, 0.05) is 33.0 Å². The molecule has 6 heteroatoms. The van der Waals surface area contributed by atoms with Gasteiger partial charge in [-0.2, -0.15) is 0 Å². The van der Waals surface area contributed by atoms with E-state index in [9.17, 15) is 9.59 Å². The topological polar surface area (TPSA) is 62.3 Å². The summed E-state index contributed by atoms with van der Waals surface area (Å²) in [6, 6.07) is 8.07. The summed E-state index contributed by atoms with van der Waals surface area (Å²) in [5, 5.41) is 3.95. The van der Waals surface area contributed by atoms with Gasteiger partial charge in [0.2, 0.25) is 11.8 Å². The van der Waals surface area contributed by atoms with E-state index in [4.69, 9.17) is 4.98 Å². The standard InChI is InChI=1S/C19H23N3O2S/c1-22(2)17(23)11-12-20-18(24)13-7-3-4-8-14(13)19-21-15-9-5-6-10-16(15)25-19/h3-6,9-10,13-14H,7-8,11-12H2,1-2H3,(H,20,24)/t13-,14+/m0/s1. The third-order valence-electron chi connectivity index (χ3n) is 4.53. The van der Waals surface area contributed by atoms with Crippen LogP contribution in [0.3, 0.4) is 0 Å². The number of carbonyl (C=O) groups excluding carboxylic acids is 2. The van der Waals surface area contributed by atoms with Gasteiger partial charge in [0.05, 0.1) is 21.1 Å². The molecule has 0 spiro atoms. The number of para-hydroxylation sites is 1. The van der Waals surface area contributed by atoms with E-state index >= 15 is 0 Å². The first-order valence-corrected chi connectivity index (χ1v) is 9.36. The Morgan fingerprint density at radius 1 is 1.24 bits per heavy atom. The van der Waals surface area contributed by atoms with Crippen LogP contribution in [0.15, 0.2) is 36.4 Å². The van der Waals surface area contributed by atoms with E-state index in [1.54, 1.807) is 30.3 Å². The zero-order valence-electron chi connectivity index (χ0n) is 14.6. The summed E-state index contributed by atoms with van der Waals surface area (Å²) in [5.74, 6) is 0.0127. The average Bonchev–Trinajstić information content (AvgIpc) is 3.05. The zero-order chi connectivity index (χ0) is 17.8. The molecule has 1 N–H and O–H groups in total. The lowest BCUT2D eigenvalue weighted by Crippen LogP contribution is -2.37. The molecule has 2 atom stereocenters. The van der Waals surface area contributed by atoms with Crippen LogP contribution in [0.2, 0.25) is 0 Å². The molecule has 0 aliphatic heterocycles. The number of amides is 2. The molecule has 2 aromatic rings. The Hall–Kier alpha value is -2.21. The lowest BCUT2D eigenvalue weighted by Gasteiger charge is -2.26. The highest BCUT2D eigenvalue weighted by molar-refractivity contribution is 7.18. The number of fused-ring (bicyclic) bond motifs is 1. The smallest absolute Gasteiger partial charge is 0.224 e. The molecule has 0 saturated carbocycles. The summed E-state index contributed by atoms with van der Waals surface area (Å²) >= 11 is 1.67. The van der Waals surface area contributed by atoms with Crippen LogP contribution < -0.4 is 5.32 Å². The van der Waals surface area contributed by atoms with Gasteiger partial charge >= 0.3 is 0 Å². The maximum atomic E-state index is 12.7. The monoisotopic (exact) mass is 357 g/mol. The van der Waals surface area contributed by atoms with Crippen molar-refractivity contribution in [3.8, 4) is 0 Å². The molecule has 132 valence electrons. The first-order valence-electron chi connectivity index (χ1n) is 8.54. The Morgan fingerprint density at radius 2 is 2.00 bits per heavy atom. The number of benzene rings is 1. The van der Waals surface area contributed by atoms with Gasteiger partial charge in [0.25, 0.3) is 0 Å². The van der Waals surface area contributed by atoms with Gasteiger partial charge in [-0.05, 0) is 25.0 Å². The van der Waals surface area contributed by atoms with Crippen molar-refractivity contribution in [2.75, 3.05) is 20.6 Å². The average molecular weight is 357 g/mol. The van der Waals surface area contributed by atoms with Crippen LogP contribution in [0.25, 0.3) is 10.2 Å². The summed E-state index contributed by atoms with van der Waals surface area (Å²) in [4.78, 5) is 30.6. The second kappa shape index (κ2) is 7.78. The van der Waals surface area contributed by atoms with Crippen LogP contribution in [-0.4, -0.2) is 42.3 Å². The van der Waals surface area contributed by atoms with Gasteiger partial charge in [-0.1, -0.05) is 24.3 Å². The molecular weight excluding hydrogens is 334 g/mol. The van der Waals surface area contributed by atoms with Gasteiger partial charge in [0.1, 0.15) is 0 Å². The molecule has 0 bridgehead atoms. The number of aromatic nitrogens is 1. The van der Waals surface area contributed by atoms with Crippen molar-refractivity contribution in [3.05, 3.63) is 41.4 Å². The summed E-state index contributed by atoms with van der Waals surface area (Å²) in [7, 11) is 3.44. The number of allylic oxidation sites excluding steroid dienone is 2. The minimum Gasteiger partial charge on any atom is -0.355 e. The zero-order valence-corrected chi connectivity index (χ0v) is 15.4. The van der Waals surface area contributed by atoms with Gasteiger partial charge < -0.3 is 10.2 Å². The molecule has 1 aliphatic carbocycles. The number of thiazole rings is 1. The Labute approximate surface area is 151 Å². The number of nitrogens with one attached hydrogen (secondary N) is 1. The third-order valence-corrected chi connectivity index (χ3v) is 5.70. The lowest BCUT2D eigenvalue weighted by atomic mass is 9.82. The quantitative estimate of drug-likeness (QED) is 0.837. The van der Waals surface area contributed by atoms with Crippen LogP contribution in [0.4, 0.5) is 0 Å². The van der Waals surface area contributed by atoms with E-state index in [1.165, 1.54) is 0 Å². The van der Waals surface area contributed by atoms with Crippen LogP contribution in [0.1, 0.15) is 30.2 Å². The van der Waals surface area contributed by atoms with Crippen LogP contribution in [0, 0.1) is 5.92 Å². The van der Waals surface area contributed by atoms with Crippen molar-refractivity contribution < 1.29 is 9.59 Å². The van der Waals surface area contributed by atoms with Crippen LogP contribution in [-0.2, 0) is 9.59 Å². The first kappa shape index (κ1) is 17.6. The number of rotatable bonds is 5. The molecule has 5 nitrogen and oxygen atoms in total. The highest BCUT2D eigenvalue weighted by Gasteiger charge is 2.32. The third kappa shape index (κ3) is 4.07. The molecule has 1 aliphatic rings. The van der Waals surface area contributed by atoms with E-state index in [-0.39, 0.29) is 23.7 Å². The van der Waals surface area contributed by atoms with Gasteiger partial charge in [0.15, 0.2) is 0 Å². The maximum Gasteiger partial charge on any atom is 0.224 e. The molecule has 2 amide bonds. The van der Waals surface area contributed by atoms with Gasteiger partial charge in [-0.15, -0.1) is 11.3 Å². The predicted molar refractivity (Wildman–Crippen MR) is 101 cm³/mol. The van der Waals surface area contributed by atoms with Crippen molar-refractivity contribution in [2.45, 2.75) is 25.2 Å². The van der Waals surface area contributed by atoms with Gasteiger partial charge in [-0.3, -0.25) is 9.59 Å². The van der Waals surface area contributed by atoms with E-state index in [2.05, 4.69) is 23.5 Å². The van der Waals surface area contributed by atoms with Crippen molar-refractivity contribution in [1.82, 2.24) is 15.2 Å². The highest BCUT2D eigenvalue weighted by atomic mass is 32.1. The van der Waals surface area contributed by atoms with E-state index < -0.39 is 0 Å². The van der Waals surface area contributed by atoms with E-state index in [0.29, 0.717) is 19.4 Å². The fraction of sp³-hybridized carbons (Fsp3) is 0.421. The van der Waals surface area contributed by atoms with Crippen LogP contribution >= 0.6 is 11.3 Å². The minimum absolute atomic E-state index is 0.0140. The van der Waals surface area contributed by atoms with Gasteiger partial charge in [-0.25, -0.2) is 4.98 Å². The predicted octanol–water partition coefficient (Wildman–Crippen LogP) is 2.94. The highest BCUT2D eigenvalue weighted by Crippen LogP contribution is 2.38. The van der Waals surface area contributed by atoms with Crippen molar-refractivity contribution in [1.29, 1.82) is 0 Å². The molecule has 0 saturated heterocycles. The summed E-state index contributed by atoms with van der Waals surface area (Å²) in [6.45, 7) is 0.378. The SMILES string of the molecule is CN(C)C(=O)CCNC(=O)[C@H]1CC=CC[C@H]1c1nc2ccccc2s1.